The predicted molar refractivity (Wildman–Crippen MR) is 101 cm³/mol. The first-order chi connectivity index (χ1) is 12.2. The summed E-state index contributed by atoms with van der Waals surface area (Å²) >= 11 is 0. The molecule has 2 unspecified atom stereocenters. The van der Waals surface area contributed by atoms with Crippen molar-refractivity contribution in [2.24, 2.45) is 15.9 Å². The van der Waals surface area contributed by atoms with Crippen molar-refractivity contribution < 1.29 is 4.39 Å². The number of likely N-dealkylation sites (tertiary alicyclic amines) is 1. The molecule has 3 fully saturated rings. The van der Waals surface area contributed by atoms with Gasteiger partial charge < -0.3 is 9.80 Å². The number of alkyl halides is 1. The maximum atomic E-state index is 13.5. The van der Waals surface area contributed by atoms with E-state index in [2.05, 4.69) is 14.8 Å². The lowest BCUT2D eigenvalue weighted by Gasteiger charge is -2.40. The van der Waals surface area contributed by atoms with E-state index in [4.69, 9.17) is 4.99 Å². The molecule has 1 saturated heterocycles. The van der Waals surface area contributed by atoms with Gasteiger partial charge in [-0.15, -0.1) is 0 Å². The summed E-state index contributed by atoms with van der Waals surface area (Å²) in [6.45, 7) is 3.20. The van der Waals surface area contributed by atoms with Crippen LogP contribution in [0, 0.1) is 5.92 Å². The zero-order valence-electron chi connectivity index (χ0n) is 15.7. The first-order valence-electron chi connectivity index (χ1n) is 10.4. The Morgan fingerprint density at radius 3 is 2.48 bits per heavy atom. The SMILES string of the molecule is CN=C1CCN(C2=NC3CCCCC3N2CC2CCC(F)CC2)CC1. The first-order valence-corrected chi connectivity index (χ1v) is 10.4. The van der Waals surface area contributed by atoms with Gasteiger partial charge in [0.15, 0.2) is 5.96 Å². The molecule has 25 heavy (non-hydrogen) atoms. The highest BCUT2D eigenvalue weighted by molar-refractivity contribution is 5.89. The second-order valence-electron chi connectivity index (χ2n) is 8.40. The average Bonchev–Trinajstić information content (AvgIpc) is 3.02. The summed E-state index contributed by atoms with van der Waals surface area (Å²) in [4.78, 5) is 14.8. The van der Waals surface area contributed by atoms with Gasteiger partial charge in [0.1, 0.15) is 6.17 Å². The largest absolute Gasteiger partial charge is 0.342 e. The minimum Gasteiger partial charge on any atom is -0.342 e. The third-order valence-corrected chi connectivity index (χ3v) is 6.80. The Labute approximate surface area is 151 Å². The maximum absolute atomic E-state index is 13.5. The van der Waals surface area contributed by atoms with Crippen LogP contribution < -0.4 is 0 Å². The molecule has 2 saturated carbocycles. The summed E-state index contributed by atoms with van der Waals surface area (Å²) in [5, 5.41) is 0. The van der Waals surface area contributed by atoms with Crippen LogP contribution in [0.3, 0.4) is 0 Å². The average molecular weight is 349 g/mol. The second-order valence-corrected chi connectivity index (χ2v) is 8.40. The molecule has 0 bridgehead atoms. The minimum absolute atomic E-state index is 0.502. The van der Waals surface area contributed by atoms with Gasteiger partial charge in [0.25, 0.3) is 0 Å². The molecule has 0 radical (unpaired) electrons. The number of nitrogens with zero attached hydrogens (tertiary/aromatic N) is 4. The Morgan fingerprint density at radius 2 is 1.76 bits per heavy atom. The third-order valence-electron chi connectivity index (χ3n) is 6.80. The molecule has 2 aliphatic carbocycles. The molecular weight excluding hydrogens is 315 g/mol. The van der Waals surface area contributed by atoms with Crippen LogP contribution in [0.2, 0.25) is 0 Å². The predicted octanol–water partition coefficient (Wildman–Crippen LogP) is 3.66. The van der Waals surface area contributed by atoms with Gasteiger partial charge in [-0.3, -0.25) is 4.99 Å². The molecule has 4 aliphatic rings. The van der Waals surface area contributed by atoms with Crippen LogP contribution in [0.15, 0.2) is 9.98 Å². The van der Waals surface area contributed by atoms with Crippen molar-refractivity contribution in [1.29, 1.82) is 0 Å². The number of fused-ring (bicyclic) bond motifs is 1. The highest BCUT2D eigenvalue weighted by atomic mass is 19.1. The zero-order chi connectivity index (χ0) is 17.2. The molecule has 140 valence electrons. The van der Waals surface area contributed by atoms with Crippen LogP contribution in [-0.2, 0) is 0 Å². The summed E-state index contributed by atoms with van der Waals surface area (Å²) in [6.07, 6.45) is 10.4. The quantitative estimate of drug-likeness (QED) is 0.762. The van der Waals surface area contributed by atoms with Gasteiger partial charge in [-0.1, -0.05) is 12.8 Å². The molecule has 0 aromatic heterocycles. The topological polar surface area (TPSA) is 31.2 Å². The standard InChI is InChI=1S/C20H33FN4/c1-22-17-10-12-24(13-11-17)20-23-18-4-2-3-5-19(18)25(20)14-15-6-8-16(21)9-7-15/h15-16,18-19H,2-14H2,1H3. The highest BCUT2D eigenvalue weighted by Crippen LogP contribution is 2.35. The zero-order valence-corrected chi connectivity index (χ0v) is 15.7. The maximum Gasteiger partial charge on any atom is 0.197 e. The van der Waals surface area contributed by atoms with Gasteiger partial charge in [-0.2, -0.15) is 0 Å². The molecule has 0 aromatic carbocycles. The normalized spacial score (nSPS) is 36.2. The molecule has 0 amide bonds. The lowest BCUT2D eigenvalue weighted by Crippen LogP contribution is -2.51. The molecule has 0 aromatic rings. The van der Waals surface area contributed by atoms with Gasteiger partial charge in [0.2, 0.25) is 0 Å². The van der Waals surface area contributed by atoms with Crippen molar-refractivity contribution >= 4 is 11.7 Å². The van der Waals surface area contributed by atoms with E-state index in [1.807, 2.05) is 7.05 Å². The van der Waals surface area contributed by atoms with Crippen molar-refractivity contribution in [3.8, 4) is 0 Å². The molecule has 5 heteroatoms. The number of guanidine groups is 1. The number of rotatable bonds is 2. The number of halogens is 1. The molecule has 2 heterocycles. The van der Waals surface area contributed by atoms with E-state index in [1.54, 1.807) is 0 Å². The molecule has 4 nitrogen and oxygen atoms in total. The van der Waals surface area contributed by atoms with Crippen LogP contribution in [0.1, 0.15) is 64.2 Å². The Kier molecular flexibility index (Phi) is 5.28. The molecule has 2 atom stereocenters. The van der Waals surface area contributed by atoms with E-state index < -0.39 is 6.17 Å². The first kappa shape index (κ1) is 17.3. The van der Waals surface area contributed by atoms with Gasteiger partial charge in [-0.25, -0.2) is 9.38 Å². The molecule has 0 N–H and O–H groups in total. The summed E-state index contributed by atoms with van der Waals surface area (Å²) in [5.41, 5.74) is 1.35. The van der Waals surface area contributed by atoms with E-state index >= 15 is 0 Å². The third kappa shape index (κ3) is 3.70. The fourth-order valence-corrected chi connectivity index (χ4v) is 5.23. The molecule has 0 spiro atoms. The van der Waals surface area contributed by atoms with Crippen molar-refractivity contribution in [3.63, 3.8) is 0 Å². The van der Waals surface area contributed by atoms with Gasteiger partial charge >= 0.3 is 0 Å². The smallest absolute Gasteiger partial charge is 0.197 e. The Bertz CT molecular complexity index is 514. The van der Waals surface area contributed by atoms with Crippen LogP contribution in [-0.4, -0.2) is 66.4 Å². The Morgan fingerprint density at radius 1 is 1.04 bits per heavy atom. The monoisotopic (exact) mass is 348 g/mol. The van der Waals surface area contributed by atoms with E-state index in [9.17, 15) is 4.39 Å². The summed E-state index contributed by atoms with van der Waals surface area (Å²) in [5.74, 6) is 1.91. The van der Waals surface area contributed by atoms with Crippen molar-refractivity contribution in [2.45, 2.75) is 82.5 Å². The van der Waals surface area contributed by atoms with Gasteiger partial charge in [-0.05, 0) is 44.4 Å². The number of aliphatic imine (C=N–C) groups is 2. The van der Waals surface area contributed by atoms with Gasteiger partial charge in [0, 0.05) is 45.2 Å². The van der Waals surface area contributed by atoms with Crippen molar-refractivity contribution in [1.82, 2.24) is 9.80 Å². The van der Waals surface area contributed by atoms with Crippen molar-refractivity contribution in [2.75, 3.05) is 26.7 Å². The highest BCUT2D eigenvalue weighted by Gasteiger charge is 2.41. The number of piperidine rings is 1. The Hall–Kier alpha value is -1.13. The number of hydrogen-bond donors (Lipinski definition) is 0. The van der Waals surface area contributed by atoms with Crippen molar-refractivity contribution in [3.05, 3.63) is 0 Å². The van der Waals surface area contributed by atoms with Crippen LogP contribution in [0.25, 0.3) is 0 Å². The van der Waals surface area contributed by atoms with E-state index in [-0.39, 0.29) is 0 Å². The van der Waals surface area contributed by atoms with Crippen LogP contribution in [0.4, 0.5) is 4.39 Å². The fourth-order valence-electron chi connectivity index (χ4n) is 5.23. The van der Waals surface area contributed by atoms with Crippen LogP contribution in [0.5, 0.6) is 0 Å². The lowest BCUT2D eigenvalue weighted by atomic mass is 9.86. The molecule has 2 aliphatic heterocycles. The molecule has 4 rings (SSSR count). The Balaban J connectivity index is 1.46. The van der Waals surface area contributed by atoms with Gasteiger partial charge in [0.05, 0.1) is 12.1 Å². The number of hydrogen-bond acceptors (Lipinski definition) is 4. The lowest BCUT2D eigenvalue weighted by molar-refractivity contribution is 0.152. The fraction of sp³-hybridized carbons (Fsp3) is 0.900. The summed E-state index contributed by atoms with van der Waals surface area (Å²) in [6, 6.07) is 1.11. The van der Waals surface area contributed by atoms with E-state index in [1.165, 1.54) is 37.4 Å². The van der Waals surface area contributed by atoms with E-state index in [0.29, 0.717) is 18.0 Å². The summed E-state index contributed by atoms with van der Waals surface area (Å²) < 4.78 is 13.5. The van der Waals surface area contributed by atoms with E-state index in [0.717, 1.165) is 58.2 Å². The second kappa shape index (κ2) is 7.63. The minimum atomic E-state index is -0.556. The van der Waals surface area contributed by atoms with Crippen LogP contribution >= 0.6 is 0 Å². The molecular formula is C20H33FN4. The summed E-state index contributed by atoms with van der Waals surface area (Å²) in [7, 11) is 1.92.